The van der Waals surface area contributed by atoms with E-state index in [2.05, 4.69) is 20.8 Å². The van der Waals surface area contributed by atoms with Gasteiger partial charge in [-0.3, -0.25) is 14.5 Å². The summed E-state index contributed by atoms with van der Waals surface area (Å²) in [6, 6.07) is 20.3. The van der Waals surface area contributed by atoms with E-state index < -0.39 is 23.5 Å². The SMILES string of the molecule is COc1ccccc1C1C(C(=O)c2cc3cc(Cl)ccc3o2)=C(O)C(=O)N1c1ccc(C(C)(C)C)cc1. The number of aliphatic hydroxyl groups is 1. The summed E-state index contributed by atoms with van der Waals surface area (Å²) in [5, 5.41) is 12.2. The third-order valence-corrected chi connectivity index (χ3v) is 6.84. The zero-order chi connectivity index (χ0) is 26.5. The van der Waals surface area contributed by atoms with Crippen molar-refractivity contribution in [2.24, 2.45) is 0 Å². The first kappa shape index (κ1) is 24.7. The van der Waals surface area contributed by atoms with Crippen molar-refractivity contribution in [2.75, 3.05) is 12.0 Å². The number of amides is 1. The third-order valence-electron chi connectivity index (χ3n) is 6.60. The van der Waals surface area contributed by atoms with Crippen molar-refractivity contribution < 1.29 is 23.8 Å². The summed E-state index contributed by atoms with van der Waals surface area (Å²) in [5.41, 5.74) is 2.50. The van der Waals surface area contributed by atoms with E-state index in [-0.39, 0.29) is 16.7 Å². The van der Waals surface area contributed by atoms with Crippen molar-refractivity contribution in [3.63, 3.8) is 0 Å². The van der Waals surface area contributed by atoms with Crippen molar-refractivity contribution >= 4 is 39.9 Å². The maximum atomic E-state index is 13.8. The second kappa shape index (κ2) is 9.12. The molecular weight excluding hydrogens is 490 g/mol. The molecule has 4 aromatic rings. The number of hydrogen-bond donors (Lipinski definition) is 1. The van der Waals surface area contributed by atoms with Crippen molar-refractivity contribution in [2.45, 2.75) is 32.2 Å². The predicted molar refractivity (Wildman–Crippen MR) is 144 cm³/mol. The monoisotopic (exact) mass is 515 g/mol. The zero-order valence-electron chi connectivity index (χ0n) is 20.9. The van der Waals surface area contributed by atoms with Gasteiger partial charge in [0.05, 0.1) is 18.7 Å². The Bertz CT molecular complexity index is 1560. The first-order valence-electron chi connectivity index (χ1n) is 11.8. The van der Waals surface area contributed by atoms with Gasteiger partial charge in [-0.25, -0.2) is 0 Å². The van der Waals surface area contributed by atoms with E-state index in [1.165, 1.54) is 12.0 Å². The zero-order valence-corrected chi connectivity index (χ0v) is 21.7. The van der Waals surface area contributed by atoms with Crippen LogP contribution < -0.4 is 9.64 Å². The van der Waals surface area contributed by atoms with E-state index in [4.69, 9.17) is 20.8 Å². The van der Waals surface area contributed by atoms with Gasteiger partial charge in [-0.15, -0.1) is 0 Å². The number of carbonyl (C=O) groups is 2. The van der Waals surface area contributed by atoms with Gasteiger partial charge in [-0.2, -0.15) is 0 Å². The molecule has 6 nitrogen and oxygen atoms in total. The molecular formula is C30H26ClNO5. The summed E-state index contributed by atoms with van der Waals surface area (Å²) in [6.45, 7) is 6.31. The number of fused-ring (bicyclic) bond motifs is 1. The van der Waals surface area contributed by atoms with Crippen LogP contribution in [0, 0.1) is 0 Å². The number of benzene rings is 3. The van der Waals surface area contributed by atoms with Gasteiger partial charge in [-0.05, 0) is 53.4 Å². The molecule has 1 aliphatic rings. The number of para-hydroxylation sites is 1. The van der Waals surface area contributed by atoms with E-state index in [0.29, 0.717) is 33.0 Å². The molecule has 5 rings (SSSR count). The average molecular weight is 516 g/mol. The molecule has 0 radical (unpaired) electrons. The highest BCUT2D eigenvalue weighted by Gasteiger charge is 2.46. The van der Waals surface area contributed by atoms with Crippen LogP contribution >= 0.6 is 11.6 Å². The summed E-state index contributed by atoms with van der Waals surface area (Å²) >= 11 is 6.10. The maximum absolute atomic E-state index is 13.8. The van der Waals surface area contributed by atoms with Crippen LogP contribution in [0.2, 0.25) is 5.02 Å². The second-order valence-corrected chi connectivity index (χ2v) is 10.4. The summed E-state index contributed by atoms with van der Waals surface area (Å²) in [7, 11) is 1.52. The Balaban J connectivity index is 1.66. The number of carbonyl (C=O) groups excluding carboxylic acids is 2. The Morgan fingerprint density at radius 3 is 2.41 bits per heavy atom. The van der Waals surface area contributed by atoms with Crippen LogP contribution in [0.5, 0.6) is 5.75 Å². The molecule has 37 heavy (non-hydrogen) atoms. The predicted octanol–water partition coefficient (Wildman–Crippen LogP) is 7.18. The van der Waals surface area contributed by atoms with Crippen molar-refractivity contribution in [3.8, 4) is 5.75 Å². The van der Waals surface area contributed by atoms with Crippen LogP contribution in [0.1, 0.15) is 48.5 Å². The normalized spacial score (nSPS) is 16.1. The minimum atomic E-state index is -0.937. The van der Waals surface area contributed by atoms with Gasteiger partial charge in [0, 0.05) is 21.7 Å². The third kappa shape index (κ3) is 4.27. The Hall–Kier alpha value is -4.03. The standard InChI is InChI=1S/C30H26ClNO5/c1-30(2,3)18-9-12-20(13-10-18)32-26(21-7-5-6-8-23(21)36-4)25(28(34)29(32)35)27(33)24-16-17-15-19(31)11-14-22(17)37-24/h5-16,26,34H,1-4H3. The van der Waals surface area contributed by atoms with E-state index in [9.17, 15) is 14.7 Å². The smallest absolute Gasteiger partial charge is 0.294 e. The number of hydrogen-bond acceptors (Lipinski definition) is 5. The molecule has 0 saturated heterocycles. The fourth-order valence-electron chi connectivity index (χ4n) is 4.67. The Morgan fingerprint density at radius 1 is 1.03 bits per heavy atom. The van der Waals surface area contributed by atoms with Crippen LogP contribution in [0.3, 0.4) is 0 Å². The van der Waals surface area contributed by atoms with E-state index in [1.54, 1.807) is 48.5 Å². The fourth-order valence-corrected chi connectivity index (χ4v) is 4.85. The van der Waals surface area contributed by atoms with Crippen LogP contribution in [-0.2, 0) is 10.2 Å². The molecule has 1 N–H and O–H groups in total. The molecule has 1 aromatic heterocycles. The number of rotatable bonds is 5. The molecule has 7 heteroatoms. The van der Waals surface area contributed by atoms with Crippen molar-refractivity contribution in [1.82, 2.24) is 0 Å². The molecule has 3 aromatic carbocycles. The van der Waals surface area contributed by atoms with Gasteiger partial charge in [0.25, 0.3) is 5.91 Å². The largest absolute Gasteiger partial charge is 0.503 e. The number of ketones is 1. The van der Waals surface area contributed by atoms with E-state index in [0.717, 1.165) is 5.56 Å². The lowest BCUT2D eigenvalue weighted by Crippen LogP contribution is -2.31. The lowest BCUT2D eigenvalue weighted by molar-refractivity contribution is -0.117. The number of aliphatic hydroxyl groups excluding tert-OH is 1. The lowest BCUT2D eigenvalue weighted by atomic mass is 9.87. The van der Waals surface area contributed by atoms with Gasteiger partial charge in [-0.1, -0.05) is 62.7 Å². The molecule has 0 spiro atoms. The van der Waals surface area contributed by atoms with Crippen molar-refractivity contribution in [1.29, 1.82) is 0 Å². The number of methoxy groups -OCH3 is 1. The van der Waals surface area contributed by atoms with Crippen LogP contribution in [0.4, 0.5) is 5.69 Å². The maximum Gasteiger partial charge on any atom is 0.294 e. The van der Waals surface area contributed by atoms with Gasteiger partial charge in [0.15, 0.2) is 11.5 Å². The molecule has 2 heterocycles. The molecule has 0 saturated carbocycles. The molecule has 1 atom stereocenters. The molecule has 1 aliphatic heterocycles. The van der Waals surface area contributed by atoms with E-state index in [1.807, 2.05) is 24.3 Å². The van der Waals surface area contributed by atoms with Crippen LogP contribution in [-0.4, -0.2) is 23.9 Å². The highest BCUT2D eigenvalue weighted by Crippen LogP contribution is 2.45. The molecule has 0 bridgehead atoms. The number of Topliss-reactive ketones (excluding diaryl/α,β-unsaturated/α-hetero) is 1. The molecule has 0 fully saturated rings. The lowest BCUT2D eigenvalue weighted by Gasteiger charge is -2.28. The topological polar surface area (TPSA) is 80.0 Å². The van der Waals surface area contributed by atoms with Gasteiger partial charge in [0.1, 0.15) is 11.3 Å². The summed E-state index contributed by atoms with van der Waals surface area (Å²) < 4.78 is 11.4. The summed E-state index contributed by atoms with van der Waals surface area (Å²) in [5.74, 6) is -1.42. The highest BCUT2D eigenvalue weighted by atomic mass is 35.5. The Labute approximate surface area is 219 Å². The van der Waals surface area contributed by atoms with Crippen LogP contribution in [0.15, 0.2) is 88.5 Å². The fraction of sp³-hybridized carbons (Fsp3) is 0.200. The molecule has 188 valence electrons. The van der Waals surface area contributed by atoms with E-state index >= 15 is 0 Å². The first-order valence-corrected chi connectivity index (χ1v) is 12.2. The first-order chi connectivity index (χ1) is 17.6. The minimum absolute atomic E-state index is 0.00329. The number of nitrogens with zero attached hydrogens (tertiary/aromatic N) is 1. The Kier molecular flexibility index (Phi) is 6.08. The van der Waals surface area contributed by atoms with Gasteiger partial charge in [0.2, 0.25) is 5.78 Å². The number of anilines is 1. The summed E-state index contributed by atoms with van der Waals surface area (Å²) in [4.78, 5) is 28.8. The van der Waals surface area contributed by atoms with Gasteiger partial charge < -0.3 is 14.3 Å². The quantitative estimate of drug-likeness (QED) is 0.285. The molecule has 1 amide bonds. The Morgan fingerprint density at radius 2 is 1.73 bits per heavy atom. The highest BCUT2D eigenvalue weighted by molar-refractivity contribution is 6.31. The number of halogens is 1. The minimum Gasteiger partial charge on any atom is -0.503 e. The van der Waals surface area contributed by atoms with Crippen LogP contribution in [0.25, 0.3) is 11.0 Å². The number of ether oxygens (including phenoxy) is 1. The molecule has 0 aliphatic carbocycles. The average Bonchev–Trinajstić information content (AvgIpc) is 3.41. The number of furan rings is 1. The van der Waals surface area contributed by atoms with Crippen molar-refractivity contribution in [3.05, 3.63) is 106 Å². The summed E-state index contributed by atoms with van der Waals surface area (Å²) in [6.07, 6.45) is 0. The van der Waals surface area contributed by atoms with Gasteiger partial charge >= 0.3 is 0 Å². The molecule has 1 unspecified atom stereocenters. The second-order valence-electron chi connectivity index (χ2n) is 10.0.